The first-order valence-corrected chi connectivity index (χ1v) is 10.5. The van der Waals surface area contributed by atoms with Gasteiger partial charge in [-0.3, -0.25) is 4.79 Å². The molecule has 0 bridgehead atoms. The van der Waals surface area contributed by atoms with Crippen molar-refractivity contribution in [2.75, 3.05) is 5.75 Å². The van der Waals surface area contributed by atoms with Gasteiger partial charge < -0.3 is 4.42 Å². The molecule has 0 N–H and O–H groups in total. The van der Waals surface area contributed by atoms with Crippen LogP contribution in [0.25, 0.3) is 0 Å². The summed E-state index contributed by atoms with van der Waals surface area (Å²) in [6, 6.07) is 22.0. The summed E-state index contributed by atoms with van der Waals surface area (Å²) >= 11 is 1.61. The average molecular weight is 391 g/mol. The molecule has 3 aromatic rings. The van der Waals surface area contributed by atoms with Gasteiger partial charge in [0.15, 0.2) is 0 Å². The lowest BCUT2D eigenvalue weighted by Gasteiger charge is -2.19. The molecule has 0 radical (unpaired) electrons. The van der Waals surface area contributed by atoms with Gasteiger partial charge >= 0.3 is 0 Å². The number of hydrazone groups is 1. The molecule has 2 aromatic carbocycles. The molecule has 1 aliphatic heterocycles. The summed E-state index contributed by atoms with van der Waals surface area (Å²) in [6.07, 6.45) is 2.30. The molecule has 1 amide bonds. The molecule has 0 unspecified atom stereocenters. The molecule has 4 nitrogen and oxygen atoms in total. The Labute approximate surface area is 169 Å². The predicted octanol–water partition coefficient (Wildman–Crippen LogP) is 5.20. The maximum atomic E-state index is 12.9. The maximum Gasteiger partial charge on any atom is 0.253 e. The highest BCUT2D eigenvalue weighted by atomic mass is 32.2. The van der Waals surface area contributed by atoms with Crippen molar-refractivity contribution in [1.82, 2.24) is 5.01 Å². The highest BCUT2D eigenvalue weighted by Gasteiger charge is 2.34. The number of carbonyl (C=O) groups is 1. The standard InChI is InChI=1S/C23H22N2O2S/c1-17-9-11-19(12-10-17)20-14-21(22-8-5-13-27-22)25(24-20)23(26)16-28-15-18-6-3-2-4-7-18/h2-13,21H,14-16H2,1H3/t21-/m1/s1. The van der Waals surface area contributed by atoms with Gasteiger partial charge in [0.05, 0.1) is 17.7 Å². The van der Waals surface area contributed by atoms with Crippen LogP contribution in [0.5, 0.6) is 0 Å². The molecule has 1 aromatic heterocycles. The zero-order valence-corrected chi connectivity index (χ0v) is 16.6. The molecule has 0 saturated heterocycles. The number of benzene rings is 2. The third kappa shape index (κ3) is 4.20. The van der Waals surface area contributed by atoms with E-state index in [-0.39, 0.29) is 11.9 Å². The summed E-state index contributed by atoms with van der Waals surface area (Å²) < 4.78 is 5.60. The fourth-order valence-electron chi connectivity index (χ4n) is 3.26. The number of nitrogens with zero attached hydrogens (tertiary/aromatic N) is 2. The Kier molecular flexibility index (Phi) is 5.63. The van der Waals surface area contributed by atoms with Crippen LogP contribution in [0.1, 0.15) is 34.9 Å². The van der Waals surface area contributed by atoms with Crippen LogP contribution in [-0.4, -0.2) is 22.4 Å². The number of rotatable bonds is 6. The predicted molar refractivity (Wildman–Crippen MR) is 113 cm³/mol. The molecule has 0 saturated carbocycles. The normalized spacial score (nSPS) is 16.2. The average Bonchev–Trinajstić information content (AvgIpc) is 3.39. The van der Waals surface area contributed by atoms with Gasteiger partial charge in [0.1, 0.15) is 11.8 Å². The molecule has 0 aliphatic carbocycles. The van der Waals surface area contributed by atoms with Gasteiger partial charge in [-0.25, -0.2) is 5.01 Å². The van der Waals surface area contributed by atoms with E-state index in [4.69, 9.17) is 4.42 Å². The van der Waals surface area contributed by atoms with Crippen LogP contribution in [0.3, 0.4) is 0 Å². The fraction of sp³-hybridized carbons (Fsp3) is 0.217. The van der Waals surface area contributed by atoms with Crippen LogP contribution in [0.15, 0.2) is 82.5 Å². The largest absolute Gasteiger partial charge is 0.467 e. The Morgan fingerprint density at radius 2 is 1.89 bits per heavy atom. The molecule has 1 atom stereocenters. The van der Waals surface area contributed by atoms with Crippen LogP contribution in [-0.2, 0) is 10.5 Å². The quantitative estimate of drug-likeness (QED) is 0.581. The molecule has 2 heterocycles. The van der Waals surface area contributed by atoms with Crippen molar-refractivity contribution in [3.63, 3.8) is 0 Å². The van der Waals surface area contributed by atoms with Gasteiger partial charge in [0, 0.05) is 12.2 Å². The molecule has 4 rings (SSSR count). The number of aryl methyl sites for hydroxylation is 1. The lowest BCUT2D eigenvalue weighted by molar-refractivity contribution is -0.130. The van der Waals surface area contributed by atoms with E-state index in [1.165, 1.54) is 11.1 Å². The van der Waals surface area contributed by atoms with Crippen LogP contribution in [0.4, 0.5) is 0 Å². The van der Waals surface area contributed by atoms with Gasteiger partial charge in [-0.2, -0.15) is 5.10 Å². The second kappa shape index (κ2) is 8.48. The van der Waals surface area contributed by atoms with E-state index >= 15 is 0 Å². The topological polar surface area (TPSA) is 45.8 Å². The van der Waals surface area contributed by atoms with Gasteiger partial charge in [-0.15, -0.1) is 11.8 Å². The van der Waals surface area contributed by atoms with Crippen molar-refractivity contribution in [1.29, 1.82) is 0 Å². The van der Waals surface area contributed by atoms with Gasteiger partial charge in [0.2, 0.25) is 0 Å². The Bertz CT molecular complexity index is 950. The van der Waals surface area contributed by atoms with Crippen molar-refractivity contribution in [2.24, 2.45) is 5.10 Å². The summed E-state index contributed by atoms with van der Waals surface area (Å²) in [6.45, 7) is 2.06. The molecule has 28 heavy (non-hydrogen) atoms. The minimum absolute atomic E-state index is 0.00411. The first-order valence-electron chi connectivity index (χ1n) is 9.32. The summed E-state index contributed by atoms with van der Waals surface area (Å²) in [5.74, 6) is 1.97. The number of hydrogen-bond acceptors (Lipinski definition) is 4. The van der Waals surface area contributed by atoms with Crippen LogP contribution < -0.4 is 0 Å². The highest BCUT2D eigenvalue weighted by Crippen LogP contribution is 2.33. The van der Waals surface area contributed by atoms with E-state index < -0.39 is 0 Å². The van der Waals surface area contributed by atoms with E-state index in [9.17, 15) is 4.79 Å². The van der Waals surface area contributed by atoms with E-state index in [2.05, 4.69) is 48.4 Å². The maximum absolute atomic E-state index is 12.9. The second-order valence-electron chi connectivity index (χ2n) is 6.86. The van der Waals surface area contributed by atoms with Gasteiger partial charge in [-0.1, -0.05) is 60.2 Å². The molecular formula is C23H22N2O2S. The van der Waals surface area contributed by atoms with E-state index in [1.54, 1.807) is 23.0 Å². The third-order valence-corrected chi connectivity index (χ3v) is 5.75. The number of hydrogen-bond donors (Lipinski definition) is 0. The van der Waals surface area contributed by atoms with Crippen molar-refractivity contribution < 1.29 is 9.21 Å². The SMILES string of the molecule is Cc1ccc(C2=NN(C(=O)CSCc3ccccc3)[C@@H](c3ccco3)C2)cc1. The van der Waals surface area contributed by atoms with Crippen molar-refractivity contribution >= 4 is 23.4 Å². The number of carbonyl (C=O) groups excluding carboxylic acids is 1. The number of thioether (sulfide) groups is 1. The first kappa shape index (κ1) is 18.6. The van der Waals surface area contributed by atoms with E-state index in [0.717, 1.165) is 22.8 Å². The lowest BCUT2D eigenvalue weighted by Crippen LogP contribution is -2.28. The molecular weight excluding hydrogens is 368 g/mol. The summed E-state index contributed by atoms with van der Waals surface area (Å²) in [4.78, 5) is 12.9. The van der Waals surface area contributed by atoms with Crippen molar-refractivity contribution in [2.45, 2.75) is 25.1 Å². The zero-order valence-electron chi connectivity index (χ0n) is 15.7. The third-order valence-electron chi connectivity index (χ3n) is 4.76. The summed E-state index contributed by atoms with van der Waals surface area (Å²) in [5.41, 5.74) is 4.39. The van der Waals surface area contributed by atoms with Crippen LogP contribution in [0.2, 0.25) is 0 Å². The summed E-state index contributed by atoms with van der Waals surface area (Å²) in [5, 5.41) is 6.28. The second-order valence-corrected chi connectivity index (χ2v) is 7.85. The van der Waals surface area contributed by atoms with E-state index in [0.29, 0.717) is 12.2 Å². The number of amides is 1. The summed E-state index contributed by atoms with van der Waals surface area (Å²) in [7, 11) is 0. The number of furan rings is 1. The van der Waals surface area contributed by atoms with Gasteiger partial charge in [-0.05, 0) is 30.2 Å². The Morgan fingerprint density at radius 1 is 1.11 bits per heavy atom. The molecule has 0 fully saturated rings. The van der Waals surface area contributed by atoms with Crippen molar-refractivity contribution in [3.8, 4) is 0 Å². The molecule has 5 heteroatoms. The highest BCUT2D eigenvalue weighted by molar-refractivity contribution is 7.99. The minimum Gasteiger partial charge on any atom is -0.467 e. The van der Waals surface area contributed by atoms with Gasteiger partial charge in [0.25, 0.3) is 5.91 Å². The first-order chi connectivity index (χ1) is 13.7. The van der Waals surface area contributed by atoms with E-state index in [1.807, 2.05) is 30.3 Å². The molecule has 1 aliphatic rings. The minimum atomic E-state index is -0.184. The van der Waals surface area contributed by atoms with Crippen molar-refractivity contribution in [3.05, 3.63) is 95.4 Å². The lowest BCUT2D eigenvalue weighted by atomic mass is 10.0. The molecule has 142 valence electrons. The Hall–Kier alpha value is -2.79. The monoisotopic (exact) mass is 390 g/mol. The zero-order chi connectivity index (χ0) is 19.3. The Morgan fingerprint density at radius 3 is 2.61 bits per heavy atom. The van der Waals surface area contributed by atoms with Crippen LogP contribution in [0, 0.1) is 6.92 Å². The smallest absolute Gasteiger partial charge is 0.253 e. The Balaban J connectivity index is 1.49. The molecule has 0 spiro atoms. The fourth-order valence-corrected chi connectivity index (χ4v) is 4.10. The van der Waals surface area contributed by atoms with Crippen LogP contribution >= 0.6 is 11.8 Å².